The number of rotatable bonds is 7. The van der Waals surface area contributed by atoms with Gasteiger partial charge in [-0.2, -0.15) is 10.2 Å². The van der Waals surface area contributed by atoms with E-state index in [0.29, 0.717) is 23.6 Å². The second-order valence-electron chi connectivity index (χ2n) is 5.83. The monoisotopic (exact) mass is 442 g/mol. The highest BCUT2D eigenvalue weighted by Crippen LogP contribution is 2.22. The van der Waals surface area contributed by atoms with Crippen molar-refractivity contribution in [3.63, 3.8) is 0 Å². The maximum atomic E-state index is 12.3. The van der Waals surface area contributed by atoms with Crippen molar-refractivity contribution in [1.29, 1.82) is 0 Å². The first-order valence-corrected chi connectivity index (χ1v) is 9.21. The van der Waals surface area contributed by atoms with Gasteiger partial charge in [-0.15, -0.1) is 0 Å². The first-order chi connectivity index (χ1) is 13.6. The number of halogens is 1. The molecule has 0 saturated heterocycles. The van der Waals surface area contributed by atoms with Crippen molar-refractivity contribution < 1.29 is 14.3 Å². The molecule has 0 radical (unpaired) electrons. The van der Waals surface area contributed by atoms with E-state index < -0.39 is 5.91 Å². The molecule has 0 unspecified atom stereocenters. The normalized spacial score (nSPS) is 10.8. The number of nitrogens with zero attached hydrogens (tertiary/aromatic N) is 3. The van der Waals surface area contributed by atoms with Crippen molar-refractivity contribution in [2.24, 2.45) is 5.10 Å². The van der Waals surface area contributed by atoms with Gasteiger partial charge in [0.1, 0.15) is 11.5 Å². The van der Waals surface area contributed by atoms with Crippen LogP contribution in [0.4, 0.5) is 0 Å². The van der Waals surface area contributed by atoms with E-state index in [2.05, 4.69) is 31.6 Å². The number of carbonyl (C=O) groups is 1. The molecule has 0 fully saturated rings. The molecule has 28 heavy (non-hydrogen) atoms. The number of ether oxygens (including phenoxy) is 2. The Morgan fingerprint density at radius 3 is 2.68 bits per heavy atom. The minimum Gasteiger partial charge on any atom is -0.497 e. The van der Waals surface area contributed by atoms with Gasteiger partial charge in [0, 0.05) is 16.2 Å². The van der Waals surface area contributed by atoms with Gasteiger partial charge in [-0.05, 0) is 42.0 Å². The smallest absolute Gasteiger partial charge is 0.291 e. The summed E-state index contributed by atoms with van der Waals surface area (Å²) in [6.07, 6.45) is 3.25. The highest BCUT2D eigenvalue weighted by atomic mass is 79.9. The van der Waals surface area contributed by atoms with Gasteiger partial charge in [-0.1, -0.05) is 28.1 Å². The van der Waals surface area contributed by atoms with Crippen molar-refractivity contribution in [1.82, 2.24) is 15.2 Å². The molecule has 1 aromatic heterocycles. The molecular weight excluding hydrogens is 424 g/mol. The van der Waals surface area contributed by atoms with Gasteiger partial charge in [-0.3, -0.25) is 9.48 Å². The number of hydrogen-bond acceptors (Lipinski definition) is 5. The van der Waals surface area contributed by atoms with Crippen molar-refractivity contribution in [2.45, 2.75) is 6.54 Å². The summed E-state index contributed by atoms with van der Waals surface area (Å²) < 4.78 is 13.2. The number of nitrogens with one attached hydrogen (secondary N) is 1. The van der Waals surface area contributed by atoms with Crippen molar-refractivity contribution in [3.05, 3.63) is 76.0 Å². The maximum absolute atomic E-state index is 12.3. The van der Waals surface area contributed by atoms with Crippen LogP contribution in [0.15, 0.2) is 64.3 Å². The Labute approximate surface area is 171 Å². The Hall–Kier alpha value is -3.13. The summed E-state index contributed by atoms with van der Waals surface area (Å²) in [4.78, 5) is 12.3. The van der Waals surface area contributed by atoms with Crippen LogP contribution in [0, 0.1) is 0 Å². The molecule has 2 aromatic carbocycles. The fraction of sp³-hybridized carbons (Fsp3) is 0.150. The maximum Gasteiger partial charge on any atom is 0.291 e. The molecule has 3 rings (SSSR count). The molecule has 1 N–H and O–H groups in total. The van der Waals surface area contributed by atoms with Crippen LogP contribution in [0.25, 0.3) is 0 Å². The molecular formula is C20H19BrN4O3. The quantitative estimate of drug-likeness (QED) is 0.448. The zero-order valence-corrected chi connectivity index (χ0v) is 17.0. The van der Waals surface area contributed by atoms with E-state index >= 15 is 0 Å². The summed E-state index contributed by atoms with van der Waals surface area (Å²) in [6, 6.07) is 14.9. The van der Waals surface area contributed by atoms with Crippen molar-refractivity contribution >= 4 is 28.1 Å². The van der Waals surface area contributed by atoms with E-state index in [1.165, 1.54) is 6.21 Å². The summed E-state index contributed by atoms with van der Waals surface area (Å²) in [6.45, 7) is 0.574. The molecule has 0 atom stereocenters. The van der Waals surface area contributed by atoms with Gasteiger partial charge >= 0.3 is 0 Å². The van der Waals surface area contributed by atoms with Crippen LogP contribution >= 0.6 is 15.9 Å². The Morgan fingerprint density at radius 1 is 1.18 bits per heavy atom. The zero-order valence-electron chi connectivity index (χ0n) is 15.4. The molecule has 1 heterocycles. The SMILES string of the molecule is COc1ccc(OC)c(C=NNC(=O)c2ccn(Cc3ccc(Br)cc3)n2)c1. The lowest BCUT2D eigenvalue weighted by Crippen LogP contribution is -2.18. The van der Waals surface area contributed by atoms with Crippen LogP contribution in [0.3, 0.4) is 0 Å². The lowest BCUT2D eigenvalue weighted by atomic mass is 10.2. The second kappa shape index (κ2) is 9.18. The van der Waals surface area contributed by atoms with Crippen LogP contribution in [-0.4, -0.2) is 36.1 Å². The van der Waals surface area contributed by atoms with Gasteiger partial charge in [-0.25, -0.2) is 5.43 Å². The van der Waals surface area contributed by atoms with Crippen molar-refractivity contribution in [3.8, 4) is 11.5 Å². The van der Waals surface area contributed by atoms with E-state index in [1.807, 2.05) is 24.3 Å². The second-order valence-corrected chi connectivity index (χ2v) is 6.75. The zero-order chi connectivity index (χ0) is 19.9. The number of carbonyl (C=O) groups excluding carboxylic acids is 1. The van der Waals surface area contributed by atoms with Gasteiger partial charge in [0.25, 0.3) is 5.91 Å². The average molecular weight is 443 g/mol. The van der Waals surface area contributed by atoms with E-state index in [9.17, 15) is 4.79 Å². The fourth-order valence-corrected chi connectivity index (χ4v) is 2.77. The third-order valence-corrected chi connectivity index (χ3v) is 4.47. The van der Waals surface area contributed by atoms with Gasteiger partial charge in [0.05, 0.1) is 27.0 Å². The molecule has 144 valence electrons. The molecule has 0 bridgehead atoms. The van der Waals surface area contributed by atoms with E-state index in [4.69, 9.17) is 9.47 Å². The highest BCUT2D eigenvalue weighted by molar-refractivity contribution is 9.10. The third-order valence-electron chi connectivity index (χ3n) is 3.94. The van der Waals surface area contributed by atoms with Crippen LogP contribution in [0.1, 0.15) is 21.6 Å². The highest BCUT2D eigenvalue weighted by Gasteiger charge is 2.09. The Bertz CT molecular complexity index is 983. The first kappa shape index (κ1) is 19.6. The van der Waals surface area contributed by atoms with Crippen LogP contribution in [0.2, 0.25) is 0 Å². The fourth-order valence-electron chi connectivity index (χ4n) is 2.51. The number of aromatic nitrogens is 2. The Balaban J connectivity index is 1.63. The molecule has 0 spiro atoms. The third kappa shape index (κ3) is 4.98. The lowest BCUT2D eigenvalue weighted by Gasteiger charge is -2.06. The average Bonchev–Trinajstić information content (AvgIpc) is 3.18. The molecule has 1 amide bonds. The topological polar surface area (TPSA) is 77.7 Å². The summed E-state index contributed by atoms with van der Waals surface area (Å²) >= 11 is 3.41. The number of benzene rings is 2. The lowest BCUT2D eigenvalue weighted by molar-refractivity contribution is 0.0949. The number of hydrazone groups is 1. The number of amides is 1. The van der Waals surface area contributed by atoms with E-state index in [-0.39, 0.29) is 5.69 Å². The summed E-state index contributed by atoms with van der Waals surface area (Å²) in [5, 5.41) is 8.28. The van der Waals surface area contributed by atoms with Crippen LogP contribution in [-0.2, 0) is 6.54 Å². The number of hydrogen-bond donors (Lipinski definition) is 1. The first-order valence-electron chi connectivity index (χ1n) is 8.42. The van der Waals surface area contributed by atoms with Crippen LogP contribution in [0.5, 0.6) is 11.5 Å². The van der Waals surface area contributed by atoms with E-state index in [0.717, 1.165) is 10.0 Å². The Morgan fingerprint density at radius 2 is 1.96 bits per heavy atom. The summed E-state index contributed by atoms with van der Waals surface area (Å²) in [5.74, 6) is 0.894. The van der Waals surface area contributed by atoms with Gasteiger partial charge < -0.3 is 9.47 Å². The minimum absolute atomic E-state index is 0.284. The largest absolute Gasteiger partial charge is 0.497 e. The Kier molecular flexibility index (Phi) is 6.44. The van der Waals surface area contributed by atoms with Gasteiger partial charge in [0.15, 0.2) is 5.69 Å². The molecule has 0 saturated carbocycles. The van der Waals surface area contributed by atoms with Crippen LogP contribution < -0.4 is 14.9 Å². The molecule has 0 aliphatic rings. The molecule has 7 nitrogen and oxygen atoms in total. The molecule has 0 aliphatic carbocycles. The summed E-state index contributed by atoms with van der Waals surface area (Å²) in [5.41, 5.74) is 4.53. The van der Waals surface area contributed by atoms with E-state index in [1.54, 1.807) is 49.4 Å². The standard InChI is InChI=1S/C20H19BrN4O3/c1-27-17-7-8-19(28-2)15(11-17)12-22-23-20(26)18-9-10-25(24-18)13-14-3-5-16(21)6-4-14/h3-12H,13H2,1-2H3,(H,23,26). The summed E-state index contributed by atoms with van der Waals surface area (Å²) in [7, 11) is 3.14. The predicted molar refractivity (Wildman–Crippen MR) is 110 cm³/mol. The molecule has 3 aromatic rings. The molecule has 8 heteroatoms. The minimum atomic E-state index is -0.396. The predicted octanol–water partition coefficient (Wildman–Crippen LogP) is 3.48. The number of methoxy groups -OCH3 is 2. The van der Waals surface area contributed by atoms with Gasteiger partial charge in [0.2, 0.25) is 0 Å². The van der Waals surface area contributed by atoms with Crippen molar-refractivity contribution in [2.75, 3.05) is 14.2 Å². The molecule has 0 aliphatic heterocycles.